The number of alkyl halides is 2. The second kappa shape index (κ2) is 8.22. The summed E-state index contributed by atoms with van der Waals surface area (Å²) in [5.74, 6) is -0.117. The van der Waals surface area contributed by atoms with Crippen molar-refractivity contribution in [1.29, 1.82) is 0 Å². The van der Waals surface area contributed by atoms with Crippen molar-refractivity contribution in [3.8, 4) is 0 Å². The highest BCUT2D eigenvalue weighted by molar-refractivity contribution is 6.58. The summed E-state index contributed by atoms with van der Waals surface area (Å²) in [7, 11) is 0. The summed E-state index contributed by atoms with van der Waals surface area (Å²) in [5, 5.41) is 0. The Labute approximate surface area is 122 Å². The fraction of sp³-hybridized carbons (Fsp3) is 0.800. The van der Waals surface area contributed by atoms with Gasteiger partial charge in [-0.25, -0.2) is 0 Å². The van der Waals surface area contributed by atoms with Gasteiger partial charge in [0.15, 0.2) is 10.1 Å². The number of halogens is 2. The maximum atomic E-state index is 12.0. The summed E-state index contributed by atoms with van der Waals surface area (Å²) in [4.78, 5) is 12.0. The molecule has 0 saturated heterocycles. The van der Waals surface area contributed by atoms with Gasteiger partial charge in [0.2, 0.25) is 0 Å². The van der Waals surface area contributed by atoms with Gasteiger partial charge in [-0.1, -0.05) is 82.3 Å². The van der Waals surface area contributed by atoms with Gasteiger partial charge in [-0.15, -0.1) is 0 Å². The molecule has 0 spiro atoms. The Bertz CT molecular complexity index is 275. The first-order valence-electron chi connectivity index (χ1n) is 6.79. The van der Waals surface area contributed by atoms with E-state index in [-0.39, 0.29) is 5.78 Å². The molecule has 0 aromatic carbocycles. The molecule has 1 nitrogen and oxygen atoms in total. The van der Waals surface area contributed by atoms with Gasteiger partial charge in [0.25, 0.3) is 0 Å². The minimum Gasteiger partial charge on any atom is -0.296 e. The molecular formula is C15H26Cl2O. The second-order valence-corrected chi connectivity index (χ2v) is 7.29. The molecule has 0 saturated carbocycles. The lowest BCUT2D eigenvalue weighted by Gasteiger charge is -2.25. The molecule has 0 radical (unpaired) electrons. The Morgan fingerprint density at radius 3 is 2.17 bits per heavy atom. The van der Waals surface area contributed by atoms with Gasteiger partial charge < -0.3 is 0 Å². The van der Waals surface area contributed by atoms with Crippen molar-refractivity contribution in [3.63, 3.8) is 0 Å². The first-order valence-corrected chi connectivity index (χ1v) is 7.55. The third kappa shape index (κ3) is 7.43. The molecule has 0 unspecified atom stereocenters. The third-order valence-corrected chi connectivity index (χ3v) is 3.43. The standard InChI is InChI=1S/C15H26Cl2O/c1-5-6-7-8-9-10-11-12-15(16,17)13(18)14(2,3)4/h10-11H,5-9,12H2,1-4H3/b11-10+. The Kier molecular flexibility index (Phi) is 8.21. The van der Waals surface area contributed by atoms with E-state index >= 15 is 0 Å². The van der Waals surface area contributed by atoms with Crippen molar-refractivity contribution in [2.24, 2.45) is 5.41 Å². The zero-order valence-electron chi connectivity index (χ0n) is 12.1. The Morgan fingerprint density at radius 1 is 1.06 bits per heavy atom. The van der Waals surface area contributed by atoms with E-state index in [4.69, 9.17) is 23.2 Å². The molecule has 0 amide bonds. The lowest BCUT2D eigenvalue weighted by atomic mass is 9.87. The first-order chi connectivity index (χ1) is 8.22. The van der Waals surface area contributed by atoms with Crippen molar-refractivity contribution in [1.82, 2.24) is 0 Å². The van der Waals surface area contributed by atoms with Gasteiger partial charge >= 0.3 is 0 Å². The molecule has 0 aromatic rings. The molecule has 0 rings (SSSR count). The highest BCUT2D eigenvalue weighted by Crippen LogP contribution is 2.34. The van der Waals surface area contributed by atoms with E-state index in [9.17, 15) is 4.79 Å². The molecule has 0 heterocycles. The molecule has 0 N–H and O–H groups in total. The number of hydrogen-bond acceptors (Lipinski definition) is 1. The summed E-state index contributed by atoms with van der Waals surface area (Å²) < 4.78 is -1.29. The quantitative estimate of drug-likeness (QED) is 0.319. The number of rotatable bonds is 8. The van der Waals surface area contributed by atoms with Crippen LogP contribution >= 0.6 is 23.2 Å². The van der Waals surface area contributed by atoms with E-state index in [0.29, 0.717) is 6.42 Å². The van der Waals surface area contributed by atoms with E-state index in [1.165, 1.54) is 25.7 Å². The molecule has 0 aromatic heterocycles. The highest BCUT2D eigenvalue weighted by Gasteiger charge is 2.39. The summed E-state index contributed by atoms with van der Waals surface area (Å²) in [6.07, 6.45) is 10.4. The summed E-state index contributed by atoms with van der Waals surface area (Å²) in [5.41, 5.74) is -0.502. The van der Waals surface area contributed by atoms with Gasteiger partial charge in [-0.3, -0.25) is 4.79 Å². The number of allylic oxidation sites excluding steroid dienone is 2. The maximum Gasteiger partial charge on any atom is 0.179 e. The first kappa shape index (κ1) is 18.0. The average Bonchev–Trinajstić information content (AvgIpc) is 2.25. The van der Waals surface area contributed by atoms with E-state index < -0.39 is 9.75 Å². The fourth-order valence-electron chi connectivity index (χ4n) is 1.68. The zero-order chi connectivity index (χ0) is 14.2. The summed E-state index contributed by atoms with van der Waals surface area (Å²) in [6, 6.07) is 0. The predicted molar refractivity (Wildman–Crippen MR) is 81.4 cm³/mol. The van der Waals surface area contributed by atoms with Crippen LogP contribution in [-0.2, 0) is 4.79 Å². The number of hydrogen-bond donors (Lipinski definition) is 0. The summed E-state index contributed by atoms with van der Waals surface area (Å²) >= 11 is 12.2. The van der Waals surface area contributed by atoms with Crippen LogP contribution in [0.3, 0.4) is 0 Å². The van der Waals surface area contributed by atoms with Gasteiger partial charge in [-0.05, 0) is 12.8 Å². The number of unbranched alkanes of at least 4 members (excludes halogenated alkanes) is 4. The van der Waals surface area contributed by atoms with Crippen LogP contribution in [0.15, 0.2) is 12.2 Å². The molecule has 0 fully saturated rings. The smallest absolute Gasteiger partial charge is 0.179 e. The fourth-order valence-corrected chi connectivity index (χ4v) is 2.42. The van der Waals surface area contributed by atoms with E-state index in [0.717, 1.165) is 6.42 Å². The highest BCUT2D eigenvalue weighted by atomic mass is 35.5. The number of carbonyl (C=O) groups is 1. The van der Waals surface area contributed by atoms with Crippen LogP contribution in [0.1, 0.15) is 66.2 Å². The summed E-state index contributed by atoms with van der Waals surface area (Å²) in [6.45, 7) is 7.71. The molecule has 0 aliphatic rings. The second-order valence-electron chi connectivity index (χ2n) is 5.81. The molecule has 106 valence electrons. The van der Waals surface area contributed by atoms with E-state index in [1.54, 1.807) is 0 Å². The van der Waals surface area contributed by atoms with E-state index in [2.05, 4.69) is 13.0 Å². The van der Waals surface area contributed by atoms with Crippen molar-refractivity contribution in [2.45, 2.75) is 70.6 Å². The van der Waals surface area contributed by atoms with Crippen LogP contribution in [0.5, 0.6) is 0 Å². The lowest BCUT2D eigenvalue weighted by Crippen LogP contribution is -2.36. The van der Waals surface area contributed by atoms with E-state index in [1.807, 2.05) is 26.8 Å². The van der Waals surface area contributed by atoms with Crippen molar-refractivity contribution >= 4 is 29.0 Å². The Hall–Kier alpha value is -0.0100. The average molecular weight is 293 g/mol. The zero-order valence-corrected chi connectivity index (χ0v) is 13.6. The van der Waals surface area contributed by atoms with Crippen molar-refractivity contribution in [3.05, 3.63) is 12.2 Å². The van der Waals surface area contributed by atoms with Gasteiger partial charge in [0.1, 0.15) is 0 Å². The molecule has 0 aliphatic heterocycles. The molecule has 0 bridgehead atoms. The SMILES string of the molecule is CCCCCC/C=C/CC(Cl)(Cl)C(=O)C(C)(C)C. The Balaban J connectivity index is 4.04. The minimum atomic E-state index is -1.29. The monoisotopic (exact) mass is 292 g/mol. The normalized spacial score (nSPS) is 13.2. The molecular weight excluding hydrogens is 267 g/mol. The van der Waals surface area contributed by atoms with Crippen LogP contribution in [0.25, 0.3) is 0 Å². The maximum absolute atomic E-state index is 12.0. The van der Waals surface area contributed by atoms with Gasteiger partial charge in [-0.2, -0.15) is 0 Å². The third-order valence-electron chi connectivity index (χ3n) is 2.78. The van der Waals surface area contributed by atoms with Gasteiger partial charge in [0.05, 0.1) is 0 Å². The van der Waals surface area contributed by atoms with Crippen LogP contribution in [0.2, 0.25) is 0 Å². The van der Waals surface area contributed by atoms with Crippen LogP contribution < -0.4 is 0 Å². The van der Waals surface area contributed by atoms with Crippen LogP contribution in [0, 0.1) is 5.41 Å². The number of Topliss-reactive ketones (excluding diaryl/α,β-unsaturated/α-hetero) is 1. The largest absolute Gasteiger partial charge is 0.296 e. The number of ketones is 1. The number of carbonyl (C=O) groups excluding carboxylic acids is 1. The molecule has 3 heteroatoms. The topological polar surface area (TPSA) is 17.1 Å². The predicted octanol–water partition coefficient (Wildman–Crippen LogP) is 5.69. The van der Waals surface area contributed by atoms with Gasteiger partial charge in [0, 0.05) is 11.8 Å². The lowest BCUT2D eigenvalue weighted by molar-refractivity contribution is -0.126. The minimum absolute atomic E-state index is 0.117. The van der Waals surface area contributed by atoms with Crippen LogP contribution in [-0.4, -0.2) is 10.1 Å². The van der Waals surface area contributed by atoms with Crippen LogP contribution in [0.4, 0.5) is 0 Å². The Morgan fingerprint density at radius 2 is 1.67 bits per heavy atom. The molecule has 18 heavy (non-hydrogen) atoms. The molecule has 0 atom stereocenters. The van der Waals surface area contributed by atoms with Crippen molar-refractivity contribution < 1.29 is 4.79 Å². The molecule has 0 aliphatic carbocycles. The van der Waals surface area contributed by atoms with Crippen molar-refractivity contribution in [2.75, 3.05) is 0 Å².